The highest BCUT2D eigenvalue weighted by atomic mass is 16.5. The van der Waals surface area contributed by atoms with Gasteiger partial charge in [0.2, 0.25) is 0 Å². The maximum absolute atomic E-state index is 12.1. The number of methoxy groups -OCH3 is 2. The maximum atomic E-state index is 12.1. The van der Waals surface area contributed by atoms with Crippen molar-refractivity contribution < 1.29 is 14.3 Å². The molecule has 0 aliphatic carbocycles. The van der Waals surface area contributed by atoms with Crippen LogP contribution in [0.1, 0.15) is 22.8 Å². The Hall–Kier alpha value is -2.75. The molecule has 0 spiro atoms. The Kier molecular flexibility index (Phi) is 5.80. The number of ether oxygens (including phenoxy) is 2. The molecular formula is C19H21NO3. The summed E-state index contributed by atoms with van der Waals surface area (Å²) < 4.78 is 10.4. The van der Waals surface area contributed by atoms with Crippen molar-refractivity contribution in [3.05, 3.63) is 65.9 Å². The fourth-order valence-corrected chi connectivity index (χ4v) is 2.13. The van der Waals surface area contributed by atoms with Crippen molar-refractivity contribution in [3.8, 4) is 11.5 Å². The molecule has 0 heterocycles. The van der Waals surface area contributed by atoms with Crippen molar-refractivity contribution in [2.45, 2.75) is 13.3 Å². The normalized spacial score (nSPS) is 10.6. The minimum absolute atomic E-state index is 0.0485. The third-order valence-corrected chi connectivity index (χ3v) is 3.53. The Labute approximate surface area is 136 Å². The van der Waals surface area contributed by atoms with E-state index in [-0.39, 0.29) is 5.78 Å². The number of aryl methyl sites for hydroxylation is 1. The number of rotatable bonds is 7. The SMILES string of the molecule is CCc1ccc(C(=O)C=CNc2ccc(OC)cc2OC)cc1. The van der Waals surface area contributed by atoms with Gasteiger partial charge in [-0.25, -0.2) is 0 Å². The average Bonchev–Trinajstić information content (AvgIpc) is 2.61. The first-order valence-electron chi connectivity index (χ1n) is 7.46. The largest absolute Gasteiger partial charge is 0.497 e. The van der Waals surface area contributed by atoms with Crippen LogP contribution in [0.2, 0.25) is 0 Å². The zero-order valence-corrected chi connectivity index (χ0v) is 13.6. The van der Waals surface area contributed by atoms with Gasteiger partial charge in [0.05, 0.1) is 19.9 Å². The van der Waals surface area contributed by atoms with Gasteiger partial charge in [-0.1, -0.05) is 31.2 Å². The van der Waals surface area contributed by atoms with E-state index in [1.807, 2.05) is 36.4 Å². The van der Waals surface area contributed by atoms with E-state index >= 15 is 0 Å². The summed E-state index contributed by atoms with van der Waals surface area (Å²) in [6.45, 7) is 2.09. The standard InChI is InChI=1S/C19H21NO3/c1-4-14-5-7-15(8-6-14)18(21)11-12-20-17-10-9-16(22-2)13-19(17)23-3/h5-13,20H,4H2,1-3H3. The summed E-state index contributed by atoms with van der Waals surface area (Å²) >= 11 is 0. The Morgan fingerprint density at radius 1 is 1.09 bits per heavy atom. The highest BCUT2D eigenvalue weighted by Crippen LogP contribution is 2.28. The van der Waals surface area contributed by atoms with Gasteiger partial charge in [-0.15, -0.1) is 0 Å². The van der Waals surface area contributed by atoms with Gasteiger partial charge in [-0.3, -0.25) is 4.79 Å². The Morgan fingerprint density at radius 2 is 1.83 bits per heavy atom. The van der Waals surface area contributed by atoms with Crippen molar-refractivity contribution >= 4 is 11.5 Å². The molecule has 23 heavy (non-hydrogen) atoms. The fourth-order valence-electron chi connectivity index (χ4n) is 2.13. The lowest BCUT2D eigenvalue weighted by molar-refractivity contribution is 0.104. The third-order valence-electron chi connectivity index (χ3n) is 3.53. The van der Waals surface area contributed by atoms with Crippen molar-refractivity contribution in [2.24, 2.45) is 0 Å². The monoisotopic (exact) mass is 311 g/mol. The van der Waals surface area contributed by atoms with Gasteiger partial charge < -0.3 is 14.8 Å². The van der Waals surface area contributed by atoms with Gasteiger partial charge in [0.25, 0.3) is 0 Å². The van der Waals surface area contributed by atoms with E-state index in [2.05, 4.69) is 12.2 Å². The van der Waals surface area contributed by atoms with E-state index < -0.39 is 0 Å². The van der Waals surface area contributed by atoms with E-state index in [1.165, 1.54) is 11.6 Å². The van der Waals surface area contributed by atoms with Gasteiger partial charge in [0.15, 0.2) is 5.78 Å². The quantitative estimate of drug-likeness (QED) is 0.618. The van der Waals surface area contributed by atoms with Crippen molar-refractivity contribution in [1.82, 2.24) is 0 Å². The zero-order chi connectivity index (χ0) is 16.7. The smallest absolute Gasteiger partial charge is 0.187 e. The number of hydrogen-bond acceptors (Lipinski definition) is 4. The Balaban J connectivity index is 2.04. The molecule has 0 aliphatic heterocycles. The molecule has 4 nitrogen and oxygen atoms in total. The van der Waals surface area contributed by atoms with Gasteiger partial charge in [-0.2, -0.15) is 0 Å². The topological polar surface area (TPSA) is 47.6 Å². The number of carbonyl (C=O) groups is 1. The summed E-state index contributed by atoms with van der Waals surface area (Å²) in [7, 11) is 3.19. The minimum Gasteiger partial charge on any atom is -0.497 e. The van der Waals surface area contributed by atoms with Crippen LogP contribution in [0.3, 0.4) is 0 Å². The van der Waals surface area contributed by atoms with Crippen LogP contribution >= 0.6 is 0 Å². The van der Waals surface area contributed by atoms with Crippen LogP contribution in [0.15, 0.2) is 54.7 Å². The van der Waals surface area contributed by atoms with E-state index in [9.17, 15) is 4.79 Å². The predicted octanol–water partition coefficient (Wildman–Crippen LogP) is 4.07. The van der Waals surface area contributed by atoms with Crippen LogP contribution in [0.4, 0.5) is 5.69 Å². The van der Waals surface area contributed by atoms with E-state index in [4.69, 9.17) is 9.47 Å². The molecule has 0 unspecified atom stereocenters. The van der Waals surface area contributed by atoms with Crippen LogP contribution in [0, 0.1) is 0 Å². The first kappa shape index (κ1) is 16.6. The number of benzene rings is 2. The van der Waals surface area contributed by atoms with Crippen LogP contribution in [-0.2, 0) is 6.42 Å². The molecule has 0 bridgehead atoms. The number of hydrogen-bond donors (Lipinski definition) is 1. The summed E-state index contributed by atoms with van der Waals surface area (Å²) in [5.74, 6) is 1.31. The molecule has 0 atom stereocenters. The summed E-state index contributed by atoms with van der Waals surface area (Å²) in [5.41, 5.74) is 2.65. The number of nitrogens with one attached hydrogen (secondary N) is 1. The van der Waals surface area contributed by atoms with Gasteiger partial charge >= 0.3 is 0 Å². The maximum Gasteiger partial charge on any atom is 0.187 e. The van der Waals surface area contributed by atoms with Crippen LogP contribution in [-0.4, -0.2) is 20.0 Å². The van der Waals surface area contributed by atoms with Crippen LogP contribution < -0.4 is 14.8 Å². The lowest BCUT2D eigenvalue weighted by Gasteiger charge is -2.09. The average molecular weight is 311 g/mol. The van der Waals surface area contributed by atoms with E-state index in [1.54, 1.807) is 26.5 Å². The highest BCUT2D eigenvalue weighted by molar-refractivity contribution is 6.04. The van der Waals surface area contributed by atoms with Gasteiger partial charge in [0, 0.05) is 23.9 Å². The van der Waals surface area contributed by atoms with Crippen molar-refractivity contribution in [2.75, 3.05) is 19.5 Å². The molecule has 2 aromatic rings. The molecule has 0 aromatic heterocycles. The summed E-state index contributed by atoms with van der Waals surface area (Å²) in [6, 6.07) is 13.1. The summed E-state index contributed by atoms with van der Waals surface area (Å²) in [6.07, 6.45) is 4.08. The molecule has 2 rings (SSSR count). The number of allylic oxidation sites excluding steroid dienone is 1. The molecule has 0 saturated carbocycles. The second-order valence-corrected chi connectivity index (χ2v) is 4.96. The summed E-state index contributed by atoms with van der Waals surface area (Å²) in [4.78, 5) is 12.1. The first-order chi connectivity index (χ1) is 11.2. The van der Waals surface area contributed by atoms with Gasteiger partial charge in [-0.05, 0) is 24.1 Å². The molecule has 120 valence electrons. The number of carbonyl (C=O) groups excluding carboxylic acids is 1. The number of ketones is 1. The Bertz CT molecular complexity index is 690. The lowest BCUT2D eigenvalue weighted by atomic mass is 10.1. The summed E-state index contributed by atoms with van der Waals surface area (Å²) in [5, 5.41) is 3.06. The molecular weight excluding hydrogens is 290 g/mol. The second kappa shape index (κ2) is 8.03. The lowest BCUT2D eigenvalue weighted by Crippen LogP contribution is -1.98. The molecule has 4 heteroatoms. The second-order valence-electron chi connectivity index (χ2n) is 4.96. The van der Waals surface area contributed by atoms with E-state index in [0.717, 1.165) is 12.1 Å². The zero-order valence-electron chi connectivity index (χ0n) is 13.6. The molecule has 0 fully saturated rings. The third kappa shape index (κ3) is 4.36. The predicted molar refractivity (Wildman–Crippen MR) is 92.5 cm³/mol. The molecule has 1 N–H and O–H groups in total. The Morgan fingerprint density at radius 3 is 2.43 bits per heavy atom. The highest BCUT2D eigenvalue weighted by Gasteiger charge is 2.04. The molecule has 0 saturated heterocycles. The van der Waals surface area contributed by atoms with Gasteiger partial charge in [0.1, 0.15) is 11.5 Å². The number of anilines is 1. The fraction of sp³-hybridized carbons (Fsp3) is 0.211. The van der Waals surface area contributed by atoms with Crippen molar-refractivity contribution in [3.63, 3.8) is 0 Å². The molecule has 0 amide bonds. The van der Waals surface area contributed by atoms with Crippen LogP contribution in [0.5, 0.6) is 11.5 Å². The molecule has 2 aromatic carbocycles. The minimum atomic E-state index is -0.0485. The molecule has 0 radical (unpaired) electrons. The molecule has 0 aliphatic rings. The van der Waals surface area contributed by atoms with Crippen molar-refractivity contribution in [1.29, 1.82) is 0 Å². The first-order valence-corrected chi connectivity index (χ1v) is 7.46. The van der Waals surface area contributed by atoms with Crippen LogP contribution in [0.25, 0.3) is 0 Å². The van der Waals surface area contributed by atoms with E-state index in [0.29, 0.717) is 17.1 Å².